The van der Waals surface area contributed by atoms with Crippen LogP contribution >= 0.6 is 0 Å². The van der Waals surface area contributed by atoms with Gasteiger partial charge in [0.2, 0.25) is 5.91 Å². The van der Waals surface area contributed by atoms with Crippen LogP contribution in [-0.2, 0) is 11.3 Å². The monoisotopic (exact) mass is 283 g/mol. The first kappa shape index (κ1) is 15.2. The number of pyridine rings is 2. The molecule has 110 valence electrons. The second kappa shape index (κ2) is 7.53. The molecule has 0 bridgehead atoms. The lowest BCUT2D eigenvalue weighted by Gasteiger charge is -2.12. The summed E-state index contributed by atoms with van der Waals surface area (Å²) >= 11 is 0. The van der Waals surface area contributed by atoms with Gasteiger partial charge < -0.3 is 5.32 Å². The Bertz CT molecular complexity index is 562. The molecule has 0 saturated carbocycles. The number of hydrogen-bond acceptors (Lipinski definition) is 3. The van der Waals surface area contributed by atoms with Gasteiger partial charge in [0, 0.05) is 24.9 Å². The van der Waals surface area contributed by atoms with Crippen molar-refractivity contribution in [1.29, 1.82) is 0 Å². The van der Waals surface area contributed by atoms with E-state index in [9.17, 15) is 4.79 Å². The van der Waals surface area contributed by atoms with Gasteiger partial charge in [0.25, 0.3) is 0 Å². The molecule has 0 unspecified atom stereocenters. The largest absolute Gasteiger partial charge is 0.352 e. The number of nitrogens with zero attached hydrogens (tertiary/aromatic N) is 2. The molecule has 0 fully saturated rings. The highest BCUT2D eigenvalue weighted by Crippen LogP contribution is 2.13. The van der Waals surface area contributed by atoms with Gasteiger partial charge in [-0.15, -0.1) is 0 Å². The van der Waals surface area contributed by atoms with E-state index >= 15 is 0 Å². The van der Waals surface area contributed by atoms with E-state index < -0.39 is 0 Å². The fourth-order valence-corrected chi connectivity index (χ4v) is 2.19. The number of hydrogen-bond donors (Lipinski definition) is 1. The minimum absolute atomic E-state index is 0.103. The van der Waals surface area contributed by atoms with Crippen LogP contribution in [0.4, 0.5) is 0 Å². The van der Waals surface area contributed by atoms with Crippen LogP contribution in [0.5, 0.6) is 0 Å². The number of amides is 1. The highest BCUT2D eigenvalue weighted by atomic mass is 16.1. The molecule has 0 aliphatic carbocycles. The van der Waals surface area contributed by atoms with Crippen LogP contribution in [-0.4, -0.2) is 15.9 Å². The van der Waals surface area contributed by atoms with Crippen molar-refractivity contribution in [3.8, 4) is 11.4 Å². The maximum absolute atomic E-state index is 11.9. The van der Waals surface area contributed by atoms with Crippen molar-refractivity contribution >= 4 is 5.91 Å². The van der Waals surface area contributed by atoms with E-state index in [2.05, 4.69) is 15.3 Å². The molecule has 2 rings (SSSR count). The standard InChI is InChI=1S/C17H21N3O/c1-3-14(4-2)17(21)20-12-13-8-9-16(19-11-13)15-7-5-6-10-18-15/h5-11,14H,3-4,12H2,1-2H3,(H,20,21). The van der Waals surface area contributed by atoms with E-state index in [4.69, 9.17) is 0 Å². The Hall–Kier alpha value is -2.23. The molecule has 0 spiro atoms. The average molecular weight is 283 g/mol. The zero-order valence-electron chi connectivity index (χ0n) is 12.5. The fraction of sp³-hybridized carbons (Fsp3) is 0.353. The number of carbonyl (C=O) groups excluding carboxylic acids is 1. The maximum atomic E-state index is 11.9. The van der Waals surface area contributed by atoms with Crippen molar-refractivity contribution in [2.24, 2.45) is 5.92 Å². The summed E-state index contributed by atoms with van der Waals surface area (Å²) in [6.45, 7) is 4.60. The van der Waals surface area contributed by atoms with Crippen LogP contribution in [0.25, 0.3) is 11.4 Å². The van der Waals surface area contributed by atoms with Gasteiger partial charge in [-0.1, -0.05) is 26.0 Å². The Kier molecular flexibility index (Phi) is 5.43. The molecular weight excluding hydrogens is 262 g/mol. The van der Waals surface area contributed by atoms with Gasteiger partial charge in [-0.05, 0) is 36.6 Å². The summed E-state index contributed by atoms with van der Waals surface area (Å²) < 4.78 is 0. The molecule has 2 aromatic heterocycles. The van der Waals surface area contributed by atoms with Crippen molar-refractivity contribution in [1.82, 2.24) is 15.3 Å². The fourth-order valence-electron chi connectivity index (χ4n) is 2.19. The predicted octanol–water partition coefficient (Wildman–Crippen LogP) is 3.20. The van der Waals surface area contributed by atoms with Crippen molar-refractivity contribution in [3.05, 3.63) is 48.3 Å². The molecule has 4 nitrogen and oxygen atoms in total. The summed E-state index contributed by atoms with van der Waals surface area (Å²) in [5.74, 6) is 0.222. The molecule has 0 aromatic carbocycles. The minimum Gasteiger partial charge on any atom is -0.352 e. The zero-order valence-corrected chi connectivity index (χ0v) is 12.5. The topological polar surface area (TPSA) is 54.9 Å². The smallest absolute Gasteiger partial charge is 0.223 e. The van der Waals surface area contributed by atoms with E-state index in [0.29, 0.717) is 6.54 Å². The lowest BCUT2D eigenvalue weighted by molar-refractivity contribution is -0.125. The lowest BCUT2D eigenvalue weighted by atomic mass is 10.0. The molecule has 0 radical (unpaired) electrons. The molecule has 2 aromatic rings. The average Bonchev–Trinajstić information content (AvgIpc) is 2.55. The number of nitrogens with one attached hydrogen (secondary N) is 1. The normalized spacial score (nSPS) is 10.6. The third-order valence-electron chi connectivity index (χ3n) is 3.58. The van der Waals surface area contributed by atoms with Crippen LogP contribution in [0.1, 0.15) is 32.3 Å². The van der Waals surface area contributed by atoms with Crippen LogP contribution < -0.4 is 5.32 Å². The van der Waals surface area contributed by atoms with E-state index in [-0.39, 0.29) is 11.8 Å². The highest BCUT2D eigenvalue weighted by molar-refractivity contribution is 5.78. The zero-order chi connectivity index (χ0) is 15.1. The van der Waals surface area contributed by atoms with Crippen molar-refractivity contribution in [2.75, 3.05) is 0 Å². The molecule has 21 heavy (non-hydrogen) atoms. The van der Waals surface area contributed by atoms with Crippen LogP contribution in [0.3, 0.4) is 0 Å². The molecule has 1 amide bonds. The second-order valence-electron chi connectivity index (χ2n) is 5.00. The molecule has 0 aliphatic rings. The Morgan fingerprint density at radius 1 is 1.10 bits per heavy atom. The van der Waals surface area contributed by atoms with Crippen molar-refractivity contribution in [2.45, 2.75) is 33.2 Å². The summed E-state index contributed by atoms with van der Waals surface area (Å²) in [6.07, 6.45) is 5.29. The van der Waals surface area contributed by atoms with Crippen LogP contribution in [0.15, 0.2) is 42.7 Å². The molecule has 0 atom stereocenters. The predicted molar refractivity (Wildman–Crippen MR) is 83.4 cm³/mol. The number of carbonyl (C=O) groups is 1. The molecule has 1 N–H and O–H groups in total. The molecule has 0 saturated heterocycles. The minimum atomic E-state index is 0.103. The summed E-state index contributed by atoms with van der Waals surface area (Å²) in [6, 6.07) is 9.65. The summed E-state index contributed by atoms with van der Waals surface area (Å²) in [5.41, 5.74) is 2.68. The Morgan fingerprint density at radius 2 is 1.86 bits per heavy atom. The summed E-state index contributed by atoms with van der Waals surface area (Å²) in [7, 11) is 0. The van der Waals surface area contributed by atoms with Gasteiger partial charge in [0.15, 0.2) is 0 Å². The van der Waals surface area contributed by atoms with E-state index in [0.717, 1.165) is 29.8 Å². The van der Waals surface area contributed by atoms with Gasteiger partial charge in [0.05, 0.1) is 11.4 Å². The summed E-state index contributed by atoms with van der Waals surface area (Å²) in [4.78, 5) is 20.6. The van der Waals surface area contributed by atoms with E-state index in [1.807, 2.05) is 44.2 Å². The molecular formula is C17H21N3O. The number of aromatic nitrogens is 2. The van der Waals surface area contributed by atoms with Crippen molar-refractivity contribution < 1.29 is 4.79 Å². The second-order valence-corrected chi connectivity index (χ2v) is 5.00. The van der Waals surface area contributed by atoms with Gasteiger partial charge in [-0.25, -0.2) is 0 Å². The van der Waals surface area contributed by atoms with Crippen LogP contribution in [0, 0.1) is 5.92 Å². The summed E-state index contributed by atoms with van der Waals surface area (Å²) in [5, 5.41) is 2.97. The van der Waals surface area contributed by atoms with Gasteiger partial charge >= 0.3 is 0 Å². The van der Waals surface area contributed by atoms with Gasteiger partial charge in [0.1, 0.15) is 0 Å². The third-order valence-corrected chi connectivity index (χ3v) is 3.58. The van der Waals surface area contributed by atoms with E-state index in [1.54, 1.807) is 12.4 Å². The first-order valence-electron chi connectivity index (χ1n) is 7.38. The first-order chi connectivity index (χ1) is 10.2. The van der Waals surface area contributed by atoms with Crippen molar-refractivity contribution in [3.63, 3.8) is 0 Å². The Balaban J connectivity index is 1.96. The first-order valence-corrected chi connectivity index (χ1v) is 7.38. The van der Waals surface area contributed by atoms with Gasteiger partial charge in [-0.3, -0.25) is 14.8 Å². The Morgan fingerprint density at radius 3 is 2.43 bits per heavy atom. The Labute approximate surface area is 125 Å². The quantitative estimate of drug-likeness (QED) is 0.885. The third kappa shape index (κ3) is 4.12. The maximum Gasteiger partial charge on any atom is 0.223 e. The van der Waals surface area contributed by atoms with Gasteiger partial charge in [-0.2, -0.15) is 0 Å². The number of rotatable bonds is 6. The SMILES string of the molecule is CCC(CC)C(=O)NCc1ccc(-c2ccccn2)nc1. The van der Waals surface area contributed by atoms with E-state index in [1.165, 1.54) is 0 Å². The molecule has 2 heterocycles. The molecule has 4 heteroatoms. The lowest BCUT2D eigenvalue weighted by Crippen LogP contribution is -2.29. The molecule has 0 aliphatic heterocycles. The highest BCUT2D eigenvalue weighted by Gasteiger charge is 2.13. The van der Waals surface area contributed by atoms with Crippen LogP contribution in [0.2, 0.25) is 0 Å².